The second-order valence-electron chi connectivity index (χ2n) is 9.54. The number of likely N-dealkylation sites (N-methyl/N-ethyl adjacent to an activating group) is 2. The number of aliphatic hydroxyl groups excluding tert-OH is 2. The molecule has 1 aromatic carbocycles. The van der Waals surface area contributed by atoms with E-state index in [4.69, 9.17) is 5.73 Å². The molecule has 12 nitrogen and oxygen atoms in total. The Morgan fingerprint density at radius 1 is 1.19 bits per heavy atom. The number of fused-ring (bicyclic) bond motifs is 3. The zero-order valence-corrected chi connectivity index (χ0v) is 20.0. The number of Topliss-reactive ketones (excluding diaryl/α,β-unsaturated/α-hetero) is 2. The second kappa shape index (κ2) is 8.73. The Balaban J connectivity index is 1.88. The summed E-state index contributed by atoms with van der Waals surface area (Å²) in [5.41, 5.74) is 1.90. The number of aromatic hydroxyl groups is 1. The third kappa shape index (κ3) is 3.48. The molecule has 0 spiro atoms. The number of phenolic OH excluding ortho intramolecular Hbond substituents is 1. The third-order valence-electron chi connectivity index (χ3n) is 7.20. The monoisotopic (exact) mass is 500 g/mol. The Bertz CT molecular complexity index is 1270. The molecule has 4 rings (SSSR count). The smallest absolute Gasteiger partial charge is 0.255 e. The van der Waals surface area contributed by atoms with Crippen molar-refractivity contribution in [3.8, 4) is 5.75 Å². The fourth-order valence-corrected chi connectivity index (χ4v) is 5.67. The van der Waals surface area contributed by atoms with Gasteiger partial charge in [0, 0.05) is 11.5 Å². The third-order valence-corrected chi connectivity index (χ3v) is 7.20. The zero-order chi connectivity index (χ0) is 26.7. The van der Waals surface area contributed by atoms with Crippen molar-refractivity contribution < 1.29 is 39.6 Å². The lowest BCUT2D eigenvalue weighted by atomic mass is 9.57. The number of nitrogens with one attached hydrogen (secondary N) is 2. The summed E-state index contributed by atoms with van der Waals surface area (Å²) in [6.45, 7) is -0.0296. The van der Waals surface area contributed by atoms with Crippen molar-refractivity contribution in [2.45, 2.75) is 24.5 Å². The van der Waals surface area contributed by atoms with Crippen LogP contribution in [0.2, 0.25) is 0 Å². The molecule has 0 bridgehead atoms. The molecule has 2 amide bonds. The van der Waals surface area contributed by atoms with Crippen molar-refractivity contribution >= 4 is 34.8 Å². The average Bonchev–Trinajstić information content (AvgIpc) is 2.78. The molecule has 8 N–H and O–H groups in total. The number of benzene rings is 1. The maximum atomic E-state index is 13.7. The first kappa shape index (κ1) is 25.4. The van der Waals surface area contributed by atoms with Crippen LogP contribution < -0.4 is 16.4 Å². The maximum Gasteiger partial charge on any atom is 0.255 e. The van der Waals surface area contributed by atoms with Gasteiger partial charge >= 0.3 is 0 Å². The molecule has 0 saturated heterocycles. The van der Waals surface area contributed by atoms with Crippen molar-refractivity contribution in [2.75, 3.05) is 33.0 Å². The molecule has 3 aliphatic rings. The predicted molar refractivity (Wildman–Crippen MR) is 127 cm³/mol. The van der Waals surface area contributed by atoms with E-state index >= 15 is 0 Å². The number of carbonyl (C=O) groups is 4. The number of ketones is 2. The van der Waals surface area contributed by atoms with Crippen molar-refractivity contribution in [3.63, 3.8) is 0 Å². The molecule has 3 aliphatic carbocycles. The van der Waals surface area contributed by atoms with Crippen LogP contribution in [0.5, 0.6) is 5.75 Å². The number of rotatable bonds is 5. The van der Waals surface area contributed by atoms with Crippen molar-refractivity contribution in [2.24, 2.45) is 17.6 Å². The fourth-order valence-electron chi connectivity index (χ4n) is 5.67. The Kier molecular flexibility index (Phi) is 6.15. The van der Waals surface area contributed by atoms with E-state index < -0.39 is 69.7 Å². The van der Waals surface area contributed by atoms with Gasteiger partial charge in [0.2, 0.25) is 11.7 Å². The summed E-state index contributed by atoms with van der Waals surface area (Å²) in [6.07, 6.45) is 0.181. The molecule has 0 radical (unpaired) electrons. The van der Waals surface area contributed by atoms with Gasteiger partial charge < -0.3 is 36.8 Å². The molecular formula is C24H28N4O8. The summed E-state index contributed by atoms with van der Waals surface area (Å²) >= 11 is 0. The summed E-state index contributed by atoms with van der Waals surface area (Å²) in [4.78, 5) is 52.2. The van der Waals surface area contributed by atoms with Gasteiger partial charge in [-0.1, -0.05) is 6.07 Å². The molecule has 1 saturated carbocycles. The molecule has 192 valence electrons. The van der Waals surface area contributed by atoms with E-state index in [-0.39, 0.29) is 36.2 Å². The number of hydrogen-bond acceptors (Lipinski definition) is 10. The molecule has 36 heavy (non-hydrogen) atoms. The highest BCUT2D eigenvalue weighted by atomic mass is 16.3. The number of primary amides is 1. The van der Waals surface area contributed by atoms with Gasteiger partial charge in [-0.15, -0.1) is 0 Å². The Morgan fingerprint density at radius 2 is 1.86 bits per heavy atom. The minimum absolute atomic E-state index is 0.00712. The van der Waals surface area contributed by atoms with Crippen LogP contribution in [-0.4, -0.2) is 88.0 Å². The van der Waals surface area contributed by atoms with Crippen molar-refractivity contribution in [1.29, 1.82) is 0 Å². The van der Waals surface area contributed by atoms with Crippen molar-refractivity contribution in [1.82, 2.24) is 10.2 Å². The van der Waals surface area contributed by atoms with Crippen LogP contribution in [0.25, 0.3) is 5.76 Å². The first-order valence-electron chi connectivity index (χ1n) is 11.3. The van der Waals surface area contributed by atoms with E-state index in [0.29, 0.717) is 5.56 Å². The highest BCUT2D eigenvalue weighted by Crippen LogP contribution is 2.53. The van der Waals surface area contributed by atoms with E-state index in [1.807, 2.05) is 0 Å². The SMILES string of the molecule is CNCC(=O)Nc1ccc2c(c1O)C(O)=C1C(=O)[C@]3(O)C(O)=C(C(N)=O)C(=O)[C@@H](N(C)C)C3CC1C2. The van der Waals surface area contributed by atoms with Crippen LogP contribution in [0.1, 0.15) is 17.5 Å². The minimum atomic E-state index is -2.70. The lowest BCUT2D eigenvalue weighted by Crippen LogP contribution is -2.65. The first-order chi connectivity index (χ1) is 16.9. The van der Waals surface area contributed by atoms with E-state index in [1.54, 1.807) is 13.1 Å². The summed E-state index contributed by atoms with van der Waals surface area (Å²) in [7, 11) is 4.65. The number of nitrogens with zero attached hydrogens (tertiary/aromatic N) is 1. The van der Waals surface area contributed by atoms with Crippen LogP contribution >= 0.6 is 0 Å². The number of nitrogens with two attached hydrogens (primary N) is 1. The minimum Gasteiger partial charge on any atom is -0.508 e. The van der Waals surface area contributed by atoms with E-state index in [1.165, 1.54) is 25.1 Å². The summed E-state index contributed by atoms with van der Waals surface area (Å²) in [6, 6.07) is 1.93. The quantitative estimate of drug-likeness (QED) is 0.197. The van der Waals surface area contributed by atoms with Gasteiger partial charge in [0.15, 0.2) is 11.4 Å². The summed E-state index contributed by atoms with van der Waals surface area (Å²) < 4.78 is 0. The van der Waals surface area contributed by atoms with E-state index in [9.17, 15) is 39.6 Å². The molecule has 1 aromatic rings. The Morgan fingerprint density at radius 3 is 2.44 bits per heavy atom. The molecule has 0 aromatic heterocycles. The topological polar surface area (TPSA) is 203 Å². The van der Waals surface area contributed by atoms with Crippen LogP contribution in [0.15, 0.2) is 29.0 Å². The molecule has 2 unspecified atom stereocenters. The molecule has 0 aliphatic heterocycles. The largest absolute Gasteiger partial charge is 0.508 e. The molecule has 1 fully saturated rings. The van der Waals surface area contributed by atoms with Gasteiger partial charge in [0.05, 0.1) is 23.8 Å². The number of carbonyl (C=O) groups excluding carboxylic acids is 4. The normalized spacial score (nSPS) is 27.5. The lowest BCUT2D eigenvalue weighted by molar-refractivity contribution is -0.153. The number of aliphatic hydroxyl groups is 3. The van der Waals surface area contributed by atoms with Crippen LogP contribution in [0.4, 0.5) is 5.69 Å². The van der Waals surface area contributed by atoms with Crippen LogP contribution in [-0.2, 0) is 25.6 Å². The Hall–Kier alpha value is -3.74. The van der Waals surface area contributed by atoms with E-state index in [0.717, 1.165) is 0 Å². The average molecular weight is 501 g/mol. The standard InChI is InChI=1S/C24H28N4O8/c1-26-8-13(29)27-12-5-4-9-6-10-7-11-17(28(2)3)20(32)16(23(25)35)22(34)24(11,36)21(33)15(10)19(31)14(9)18(12)30/h4-5,10-11,17,26,30-31,34,36H,6-8H2,1-3H3,(H2,25,35)(H,27,29)/t10?,11?,17-,24-/m0/s1. The van der Waals surface area contributed by atoms with E-state index in [2.05, 4.69) is 10.6 Å². The summed E-state index contributed by atoms with van der Waals surface area (Å²) in [5, 5.41) is 49.6. The molecular weight excluding hydrogens is 472 g/mol. The van der Waals surface area contributed by atoms with Gasteiger partial charge in [0.1, 0.15) is 22.8 Å². The molecule has 4 atom stereocenters. The number of amides is 2. The summed E-state index contributed by atoms with van der Waals surface area (Å²) in [5.74, 6) is -7.66. The second-order valence-corrected chi connectivity index (χ2v) is 9.54. The zero-order valence-electron chi connectivity index (χ0n) is 20.0. The highest BCUT2D eigenvalue weighted by Gasteiger charge is 2.64. The number of phenols is 1. The number of anilines is 1. The van der Waals surface area contributed by atoms with Crippen LogP contribution in [0.3, 0.4) is 0 Å². The predicted octanol–water partition coefficient (Wildman–Crippen LogP) is -0.878. The first-order valence-corrected chi connectivity index (χ1v) is 11.3. The molecule has 0 heterocycles. The van der Waals surface area contributed by atoms with Gasteiger partial charge in [-0.05, 0) is 51.5 Å². The van der Waals surface area contributed by atoms with Crippen molar-refractivity contribution in [3.05, 3.63) is 40.2 Å². The van der Waals surface area contributed by atoms with Gasteiger partial charge in [-0.25, -0.2) is 0 Å². The van der Waals surface area contributed by atoms with Gasteiger partial charge in [-0.3, -0.25) is 24.1 Å². The van der Waals surface area contributed by atoms with Gasteiger partial charge in [-0.2, -0.15) is 0 Å². The Labute approximate surface area is 206 Å². The van der Waals surface area contributed by atoms with Gasteiger partial charge in [0.25, 0.3) is 5.91 Å². The fraction of sp³-hybridized carbons (Fsp3) is 0.417. The maximum absolute atomic E-state index is 13.7. The lowest BCUT2D eigenvalue weighted by Gasteiger charge is -2.50. The number of hydrogen-bond donors (Lipinski definition) is 7. The molecule has 12 heteroatoms. The highest BCUT2D eigenvalue weighted by molar-refractivity contribution is 6.24. The van der Waals surface area contributed by atoms with Crippen LogP contribution in [0, 0.1) is 11.8 Å².